The van der Waals surface area contributed by atoms with Gasteiger partial charge in [0, 0.05) is 6.07 Å². The van der Waals surface area contributed by atoms with Crippen molar-refractivity contribution in [2.45, 2.75) is 12.1 Å². The van der Waals surface area contributed by atoms with Gasteiger partial charge in [-0.25, -0.2) is 14.5 Å². The molecule has 1 aromatic heterocycles. The van der Waals surface area contributed by atoms with Crippen molar-refractivity contribution in [3.05, 3.63) is 53.8 Å². The van der Waals surface area contributed by atoms with Gasteiger partial charge in [-0.3, -0.25) is 4.79 Å². The Hall–Kier alpha value is -3.80. The summed E-state index contributed by atoms with van der Waals surface area (Å²) < 4.78 is 24.6. The number of halogens is 1. The van der Waals surface area contributed by atoms with E-state index in [1.165, 1.54) is 23.9 Å². The molecule has 0 atom stereocenters. The number of nitrogens with one attached hydrogen (secondary N) is 2. The number of methoxy groups -OCH3 is 2. The van der Waals surface area contributed by atoms with Crippen LogP contribution in [-0.2, 0) is 4.79 Å². The molecule has 0 unspecified atom stereocenters. The number of hydrazone groups is 1. The zero-order chi connectivity index (χ0) is 23.1. The smallest absolute Gasteiger partial charge is 0.264 e. The van der Waals surface area contributed by atoms with Crippen LogP contribution >= 0.6 is 11.8 Å². The lowest BCUT2D eigenvalue weighted by atomic mass is 10.1. The molecule has 3 aromatic rings. The lowest BCUT2D eigenvalue weighted by Crippen LogP contribution is -2.17. The van der Waals surface area contributed by atoms with Gasteiger partial charge in [0.1, 0.15) is 17.3 Å². The molecule has 0 bridgehead atoms. The molecule has 0 fully saturated rings. The second-order valence-corrected chi connectivity index (χ2v) is 7.34. The minimum Gasteiger partial charge on any atom is -0.497 e. The topological polar surface area (TPSA) is 129 Å². The molecule has 0 saturated heterocycles. The quantitative estimate of drug-likeness (QED) is 0.193. The Kier molecular flexibility index (Phi) is 7.49. The van der Waals surface area contributed by atoms with E-state index in [-0.39, 0.29) is 23.4 Å². The first-order valence-electron chi connectivity index (χ1n) is 9.32. The third-order valence-electron chi connectivity index (χ3n) is 4.27. The normalized spacial score (nSPS) is 11.2. The van der Waals surface area contributed by atoms with Crippen LogP contribution in [0.1, 0.15) is 12.5 Å². The predicted octanol–water partition coefficient (Wildman–Crippen LogP) is 2.72. The van der Waals surface area contributed by atoms with Crippen LogP contribution in [0.25, 0.3) is 0 Å². The van der Waals surface area contributed by atoms with E-state index >= 15 is 0 Å². The van der Waals surface area contributed by atoms with Gasteiger partial charge in [-0.15, -0.1) is 10.2 Å². The summed E-state index contributed by atoms with van der Waals surface area (Å²) in [6.45, 7) is 1.75. The summed E-state index contributed by atoms with van der Waals surface area (Å²) in [5.41, 5.74) is 4.58. The Labute approximate surface area is 188 Å². The number of nitrogens with zero attached hydrogens (tertiary/aromatic N) is 4. The average molecular weight is 460 g/mol. The fourth-order valence-electron chi connectivity index (χ4n) is 2.56. The van der Waals surface area contributed by atoms with Gasteiger partial charge in [0.05, 0.1) is 31.4 Å². The molecule has 10 nitrogen and oxygen atoms in total. The van der Waals surface area contributed by atoms with Crippen molar-refractivity contribution in [3.63, 3.8) is 0 Å². The van der Waals surface area contributed by atoms with Gasteiger partial charge in [0.25, 0.3) is 5.95 Å². The molecule has 12 heteroatoms. The van der Waals surface area contributed by atoms with Crippen molar-refractivity contribution >= 4 is 35.0 Å². The molecule has 0 aliphatic rings. The number of amides is 1. The van der Waals surface area contributed by atoms with E-state index in [9.17, 15) is 9.18 Å². The van der Waals surface area contributed by atoms with Crippen LogP contribution in [-0.4, -0.2) is 46.5 Å². The number of nitrogens with two attached hydrogens (primary N) is 1. The van der Waals surface area contributed by atoms with Gasteiger partial charge in [0.2, 0.25) is 11.1 Å². The van der Waals surface area contributed by atoms with Crippen LogP contribution in [0.2, 0.25) is 0 Å². The van der Waals surface area contributed by atoms with Gasteiger partial charge in [-0.05, 0) is 36.8 Å². The van der Waals surface area contributed by atoms with E-state index in [0.717, 1.165) is 17.3 Å². The second kappa shape index (κ2) is 10.5. The maximum atomic E-state index is 13.0. The summed E-state index contributed by atoms with van der Waals surface area (Å²) >= 11 is 1.11. The van der Waals surface area contributed by atoms with Gasteiger partial charge < -0.3 is 20.6 Å². The van der Waals surface area contributed by atoms with E-state index < -0.39 is 0 Å². The van der Waals surface area contributed by atoms with E-state index in [2.05, 4.69) is 26.0 Å². The first-order chi connectivity index (χ1) is 15.4. The highest BCUT2D eigenvalue weighted by molar-refractivity contribution is 7.99. The summed E-state index contributed by atoms with van der Waals surface area (Å²) in [7, 11) is 3.05. The van der Waals surface area contributed by atoms with Crippen molar-refractivity contribution in [2.24, 2.45) is 5.10 Å². The summed E-state index contributed by atoms with van der Waals surface area (Å²) in [5.74, 6) is 6.71. The maximum absolute atomic E-state index is 13.0. The van der Waals surface area contributed by atoms with Crippen LogP contribution in [0.4, 0.5) is 16.0 Å². The fraction of sp³-hybridized carbons (Fsp3) is 0.200. The van der Waals surface area contributed by atoms with Crippen LogP contribution in [0.15, 0.2) is 52.7 Å². The maximum Gasteiger partial charge on any atom is 0.264 e. The van der Waals surface area contributed by atoms with Crippen LogP contribution in [0.3, 0.4) is 0 Å². The SMILES string of the molecule is COc1ccc(NC(=O)CSc2nnc(N/N=C(\C)c3ccc(F)cc3)n2N)c(OC)c1. The number of anilines is 2. The number of hydrogen-bond acceptors (Lipinski definition) is 9. The molecular formula is C20H22FN7O3S. The number of benzene rings is 2. The second-order valence-electron chi connectivity index (χ2n) is 6.40. The Bertz CT molecular complexity index is 1120. The molecule has 0 spiro atoms. The van der Waals surface area contributed by atoms with Crippen molar-refractivity contribution in [1.82, 2.24) is 14.9 Å². The molecule has 1 heterocycles. The van der Waals surface area contributed by atoms with Crippen molar-refractivity contribution in [2.75, 3.05) is 36.6 Å². The molecular weight excluding hydrogens is 437 g/mol. The number of nitrogen functional groups attached to an aromatic ring is 1. The molecule has 2 aromatic carbocycles. The zero-order valence-electron chi connectivity index (χ0n) is 17.6. The van der Waals surface area contributed by atoms with E-state index in [1.54, 1.807) is 44.4 Å². The van der Waals surface area contributed by atoms with Crippen LogP contribution < -0.4 is 26.1 Å². The van der Waals surface area contributed by atoms with Gasteiger partial charge in [0.15, 0.2) is 0 Å². The highest BCUT2D eigenvalue weighted by Gasteiger charge is 2.14. The molecule has 0 radical (unpaired) electrons. The van der Waals surface area contributed by atoms with Gasteiger partial charge in [-0.1, -0.05) is 23.9 Å². The molecule has 0 aliphatic heterocycles. The molecule has 32 heavy (non-hydrogen) atoms. The number of hydrogen-bond donors (Lipinski definition) is 3. The monoisotopic (exact) mass is 459 g/mol. The minimum absolute atomic E-state index is 0.0440. The fourth-order valence-corrected chi connectivity index (χ4v) is 3.22. The van der Waals surface area contributed by atoms with E-state index in [0.29, 0.717) is 28.1 Å². The molecule has 0 aliphatic carbocycles. The van der Waals surface area contributed by atoms with E-state index in [4.69, 9.17) is 15.3 Å². The summed E-state index contributed by atoms with van der Waals surface area (Å²) in [6.07, 6.45) is 0. The van der Waals surface area contributed by atoms with Crippen LogP contribution in [0, 0.1) is 5.82 Å². The third kappa shape index (κ3) is 5.66. The minimum atomic E-state index is -0.327. The molecule has 3 rings (SSSR count). The first kappa shape index (κ1) is 22.9. The number of thioether (sulfide) groups is 1. The number of carbonyl (C=O) groups excluding carboxylic acids is 1. The molecule has 168 valence electrons. The number of rotatable bonds is 9. The zero-order valence-corrected chi connectivity index (χ0v) is 18.4. The Morgan fingerprint density at radius 3 is 2.62 bits per heavy atom. The lowest BCUT2D eigenvalue weighted by Gasteiger charge is -2.11. The van der Waals surface area contributed by atoms with E-state index in [1.807, 2.05) is 0 Å². The summed E-state index contributed by atoms with van der Waals surface area (Å²) in [4.78, 5) is 12.3. The van der Waals surface area contributed by atoms with Crippen molar-refractivity contribution in [3.8, 4) is 11.5 Å². The highest BCUT2D eigenvalue weighted by Crippen LogP contribution is 2.29. The summed E-state index contributed by atoms with van der Waals surface area (Å²) in [6, 6.07) is 11.0. The van der Waals surface area contributed by atoms with Gasteiger partial charge in [-0.2, -0.15) is 5.10 Å². The molecule has 0 saturated carbocycles. The van der Waals surface area contributed by atoms with Crippen molar-refractivity contribution < 1.29 is 18.7 Å². The third-order valence-corrected chi connectivity index (χ3v) is 5.21. The van der Waals surface area contributed by atoms with Gasteiger partial charge >= 0.3 is 0 Å². The molecule has 4 N–H and O–H groups in total. The average Bonchev–Trinajstić information content (AvgIpc) is 3.16. The van der Waals surface area contributed by atoms with Crippen LogP contribution in [0.5, 0.6) is 11.5 Å². The summed E-state index contributed by atoms with van der Waals surface area (Å²) in [5, 5.41) is 15.2. The number of aromatic nitrogens is 3. The Morgan fingerprint density at radius 2 is 1.94 bits per heavy atom. The standard InChI is InChI=1S/C20H22FN7O3S/c1-12(13-4-6-14(21)7-5-13)24-25-19-26-27-20(28(19)22)32-11-18(29)23-16-9-8-15(30-2)10-17(16)31-3/h4-10H,11,22H2,1-3H3,(H,23,29)(H,25,26)/b24-12+. The number of carbonyl (C=O) groups is 1. The predicted molar refractivity (Wildman–Crippen MR) is 121 cm³/mol. The van der Waals surface area contributed by atoms with Crippen molar-refractivity contribution in [1.29, 1.82) is 0 Å². The molecule has 1 amide bonds. The number of ether oxygens (including phenoxy) is 2. The highest BCUT2D eigenvalue weighted by atomic mass is 32.2. The Morgan fingerprint density at radius 1 is 1.19 bits per heavy atom. The Balaban J connectivity index is 1.58. The lowest BCUT2D eigenvalue weighted by molar-refractivity contribution is -0.113. The first-order valence-corrected chi connectivity index (χ1v) is 10.3. The largest absolute Gasteiger partial charge is 0.497 e.